The van der Waals surface area contributed by atoms with Crippen molar-refractivity contribution in [2.24, 2.45) is 11.8 Å². The molecule has 0 aromatic heterocycles. The Morgan fingerprint density at radius 1 is 0.827 bits per heavy atom. The van der Waals surface area contributed by atoms with Crippen LogP contribution in [-0.4, -0.2) is 88.3 Å². The first-order valence-corrected chi connectivity index (χ1v) is 20.4. The Hall–Kier alpha value is -4.03. The van der Waals surface area contributed by atoms with Gasteiger partial charge in [-0.15, -0.1) is 0 Å². The summed E-state index contributed by atoms with van der Waals surface area (Å²) in [4.78, 5) is 83.1. The number of nitrogens with zero attached hydrogens (tertiary/aromatic N) is 1. The van der Waals surface area contributed by atoms with E-state index >= 15 is 0 Å². The maximum atomic E-state index is 12.9. The molecule has 2 aliphatic carbocycles. The number of nitro benzene ring substituents is 1. The van der Waals surface area contributed by atoms with Gasteiger partial charge in [-0.25, -0.2) is 16.8 Å². The van der Waals surface area contributed by atoms with Crippen molar-refractivity contribution >= 4 is 71.7 Å². The van der Waals surface area contributed by atoms with Crippen molar-refractivity contribution in [3.8, 4) is 0 Å². The van der Waals surface area contributed by atoms with Crippen molar-refractivity contribution < 1.29 is 60.0 Å². The Morgan fingerprint density at radius 3 is 1.81 bits per heavy atom. The normalized spacial score (nSPS) is 18.9. The predicted octanol–water partition coefficient (Wildman–Crippen LogP) is 3.68. The lowest BCUT2D eigenvalue weighted by atomic mass is 9.81. The van der Waals surface area contributed by atoms with E-state index in [4.69, 9.17) is 21.1 Å². The van der Waals surface area contributed by atoms with Crippen LogP contribution in [0.1, 0.15) is 77.6 Å². The molecule has 280 valence electrons. The van der Waals surface area contributed by atoms with Gasteiger partial charge in [-0.05, 0) is 49.9 Å². The molecule has 0 spiro atoms. The van der Waals surface area contributed by atoms with Crippen LogP contribution in [0.4, 0.5) is 5.69 Å². The van der Waals surface area contributed by atoms with E-state index in [0.29, 0.717) is 19.4 Å². The number of carbonyl (C=O) groups is 6. The molecule has 3 fully saturated rings. The van der Waals surface area contributed by atoms with Crippen molar-refractivity contribution in [2.45, 2.75) is 73.9 Å². The van der Waals surface area contributed by atoms with Crippen molar-refractivity contribution in [3.63, 3.8) is 0 Å². The molecule has 2 saturated carbocycles. The average Bonchev–Trinajstić information content (AvgIpc) is 3.58. The van der Waals surface area contributed by atoms with E-state index in [9.17, 15) is 55.7 Å². The molecule has 18 heteroatoms. The van der Waals surface area contributed by atoms with Crippen LogP contribution < -0.4 is 0 Å². The molecule has 3 aliphatic rings. The third-order valence-electron chi connectivity index (χ3n) is 8.80. The fourth-order valence-corrected chi connectivity index (χ4v) is 8.08. The number of hydrogen-bond acceptors (Lipinski definition) is 14. The second-order valence-electron chi connectivity index (χ2n) is 12.7. The van der Waals surface area contributed by atoms with E-state index in [2.05, 4.69) is 0 Å². The number of benzene rings is 2. The predicted molar refractivity (Wildman–Crippen MR) is 183 cm³/mol. The topological polar surface area (TPSA) is 232 Å². The number of hydrogen-bond donors (Lipinski definition) is 0. The highest BCUT2D eigenvalue weighted by Crippen LogP contribution is 2.33. The summed E-state index contributed by atoms with van der Waals surface area (Å²) >= 11 is 6.41. The highest BCUT2D eigenvalue weighted by atomic mass is 35.5. The SMILES string of the molecule is CS(=O)(=O)c1ccc(C(=O)C2C(=O)CCCC2=O)c(Cl)c1COCC1CCCO1.CS(=O)(=O)c1ccc(C(=O)C2C(=O)CCCC2=O)c([N+](=O)[O-])c1. The van der Waals surface area contributed by atoms with Crippen LogP contribution in [0.2, 0.25) is 5.02 Å². The van der Waals surface area contributed by atoms with Crippen LogP contribution in [0.25, 0.3) is 0 Å². The zero-order valence-corrected chi connectivity index (χ0v) is 30.6. The fourth-order valence-electron chi connectivity index (χ4n) is 6.15. The highest BCUT2D eigenvalue weighted by molar-refractivity contribution is 7.91. The molecule has 0 bridgehead atoms. The molecule has 52 heavy (non-hydrogen) atoms. The number of rotatable bonds is 11. The van der Waals surface area contributed by atoms with Crippen molar-refractivity contribution in [2.75, 3.05) is 25.7 Å². The first-order chi connectivity index (χ1) is 24.3. The van der Waals surface area contributed by atoms with Crippen molar-refractivity contribution in [3.05, 3.63) is 62.2 Å². The zero-order chi connectivity index (χ0) is 38.5. The summed E-state index contributed by atoms with van der Waals surface area (Å²) in [7, 11) is -7.33. The molecule has 2 aromatic rings. The summed E-state index contributed by atoms with van der Waals surface area (Å²) in [6.07, 6.45) is 4.92. The number of carbonyl (C=O) groups excluding carboxylic acids is 6. The van der Waals surface area contributed by atoms with E-state index < -0.39 is 82.4 Å². The summed E-state index contributed by atoms with van der Waals surface area (Å²) in [6, 6.07) is 5.33. The standard InChI is InChI=1S/C20H23ClO7S.C14H13NO7S/c1-29(25,26)17-8-7-13(20(24)18-15(22)5-2-6-16(18)23)19(21)14(17)11-27-10-12-4-3-9-28-12;1-23(21,22)8-5-6-9(10(7-8)15(19)20)14(18)13-11(16)3-2-4-12(13)17/h7-8,12,18H,2-6,9-11H2,1H3;5-7,13H,2-4H2,1H3. The lowest BCUT2D eigenvalue weighted by Crippen LogP contribution is -2.35. The molecule has 1 saturated heterocycles. The second kappa shape index (κ2) is 16.8. The third-order valence-corrected chi connectivity index (χ3v) is 11.5. The molecule has 1 unspecified atom stereocenters. The van der Waals surface area contributed by atoms with Gasteiger partial charge >= 0.3 is 0 Å². The summed E-state index contributed by atoms with van der Waals surface area (Å²) in [5.41, 5.74) is -1.06. The van der Waals surface area contributed by atoms with E-state index in [1.807, 2.05) is 0 Å². The van der Waals surface area contributed by atoms with Crippen LogP contribution in [-0.2, 0) is 54.9 Å². The Bertz CT molecular complexity index is 2020. The highest BCUT2D eigenvalue weighted by Gasteiger charge is 2.40. The van der Waals surface area contributed by atoms with Gasteiger partial charge in [0.1, 0.15) is 11.8 Å². The van der Waals surface area contributed by atoms with Crippen molar-refractivity contribution in [1.82, 2.24) is 0 Å². The number of ketones is 6. The van der Waals surface area contributed by atoms with Crippen LogP contribution >= 0.6 is 11.6 Å². The van der Waals surface area contributed by atoms with Crippen molar-refractivity contribution in [1.29, 1.82) is 0 Å². The fraction of sp³-hybridized carbons (Fsp3) is 0.471. The third kappa shape index (κ3) is 9.49. The minimum atomic E-state index is -3.70. The largest absolute Gasteiger partial charge is 0.376 e. The van der Waals surface area contributed by atoms with E-state index in [-0.39, 0.29) is 70.9 Å². The van der Waals surface area contributed by atoms with Crippen LogP contribution in [0.3, 0.4) is 0 Å². The van der Waals surface area contributed by atoms with Crippen LogP contribution in [0.15, 0.2) is 40.1 Å². The van der Waals surface area contributed by atoms with Gasteiger partial charge in [0.15, 0.2) is 54.4 Å². The molecule has 0 amide bonds. The van der Waals surface area contributed by atoms with E-state index in [0.717, 1.165) is 43.6 Å². The maximum Gasteiger partial charge on any atom is 0.281 e. The first-order valence-electron chi connectivity index (χ1n) is 16.2. The van der Waals surface area contributed by atoms with Crippen LogP contribution in [0, 0.1) is 22.0 Å². The Kier molecular flexibility index (Phi) is 13.1. The van der Waals surface area contributed by atoms with Gasteiger partial charge in [-0.3, -0.25) is 38.9 Å². The number of Topliss-reactive ketones (excluding diaryl/α,β-unsaturated/α-hetero) is 6. The van der Waals surface area contributed by atoms with Gasteiger partial charge < -0.3 is 9.47 Å². The first kappa shape index (κ1) is 40.7. The second-order valence-corrected chi connectivity index (χ2v) is 17.1. The van der Waals surface area contributed by atoms with Gasteiger partial charge in [-0.1, -0.05) is 11.6 Å². The number of nitro groups is 1. The lowest BCUT2D eigenvalue weighted by molar-refractivity contribution is -0.385. The molecule has 0 radical (unpaired) electrons. The van der Waals surface area contributed by atoms with Crippen LogP contribution in [0.5, 0.6) is 0 Å². The van der Waals surface area contributed by atoms with Gasteiger partial charge in [-0.2, -0.15) is 0 Å². The summed E-state index contributed by atoms with van der Waals surface area (Å²) in [6.45, 7) is 0.808. The average molecular weight is 782 g/mol. The molecular formula is C34H36ClNO14S2. The molecule has 0 N–H and O–H groups in total. The maximum absolute atomic E-state index is 12.9. The molecule has 1 aliphatic heterocycles. The lowest BCUT2D eigenvalue weighted by Gasteiger charge is -2.20. The number of halogens is 1. The van der Waals surface area contributed by atoms with Gasteiger partial charge in [0.2, 0.25) is 0 Å². The summed E-state index contributed by atoms with van der Waals surface area (Å²) < 4.78 is 58.4. The molecule has 1 atom stereocenters. The minimum absolute atomic E-state index is 0.0385. The molecule has 15 nitrogen and oxygen atoms in total. The Balaban J connectivity index is 0.000000239. The minimum Gasteiger partial charge on any atom is -0.376 e. The summed E-state index contributed by atoms with van der Waals surface area (Å²) in [5.74, 6) is -6.52. The Morgan fingerprint density at radius 2 is 1.35 bits per heavy atom. The molecule has 5 rings (SSSR count). The number of sulfone groups is 2. The quantitative estimate of drug-likeness (QED) is 0.137. The smallest absolute Gasteiger partial charge is 0.281 e. The van der Waals surface area contributed by atoms with Gasteiger partial charge in [0.25, 0.3) is 5.69 Å². The Labute approximate surface area is 304 Å². The molecule has 1 heterocycles. The monoisotopic (exact) mass is 781 g/mol. The van der Waals surface area contributed by atoms with Gasteiger partial charge in [0, 0.05) is 62.0 Å². The zero-order valence-electron chi connectivity index (χ0n) is 28.3. The number of ether oxygens (including phenoxy) is 2. The molecular weight excluding hydrogens is 746 g/mol. The summed E-state index contributed by atoms with van der Waals surface area (Å²) in [5, 5.41) is 11.0. The molecule has 2 aromatic carbocycles. The van der Waals surface area contributed by atoms with Gasteiger partial charge in [0.05, 0.1) is 44.6 Å². The van der Waals surface area contributed by atoms with E-state index in [1.54, 1.807) is 0 Å². The van der Waals surface area contributed by atoms with E-state index in [1.165, 1.54) is 12.1 Å².